The Morgan fingerprint density at radius 3 is 1.18 bits per heavy atom. The van der Waals surface area contributed by atoms with E-state index in [0.717, 1.165) is 71.3 Å². The van der Waals surface area contributed by atoms with Crippen molar-refractivity contribution in [3.05, 3.63) is 0 Å². The van der Waals surface area contributed by atoms with Crippen molar-refractivity contribution in [3.63, 3.8) is 0 Å². The van der Waals surface area contributed by atoms with Crippen LogP contribution in [0, 0.1) is 0 Å². The highest BCUT2D eigenvalue weighted by molar-refractivity contribution is 7.47. The molecule has 0 fully saturated rings. The van der Waals surface area contributed by atoms with Crippen LogP contribution in [0.5, 0.6) is 0 Å². The Morgan fingerprint density at radius 1 is 0.388 bits per heavy atom. The molecule has 3 atom stereocenters. The van der Waals surface area contributed by atoms with Gasteiger partial charge in [-0.05, 0) is 38.5 Å². The highest BCUT2D eigenvalue weighted by atomic mass is 31.2. The number of hydrogen-bond acceptors (Lipinski definition) is 12. The standard InChI is InChI=1S/C51H98O14P2/c1-4-6-8-10-12-14-16-18-20-22-24-28-32-41-50(54)61-45-49(65-51(55)42-33-29-25-23-21-19-17-15-13-11-9-7-5-2)46-64-67(58,59)63-44-36-40-48(53)39-35-38-47(52)37-31-27-26-30-34-43-62-66(56,57)60-3/h49H,4-46H2,1-3H3,(H,56,57)(H,58,59)/t49-/m1/s1. The van der Waals surface area contributed by atoms with Gasteiger partial charge in [0.1, 0.15) is 18.2 Å². The van der Waals surface area contributed by atoms with E-state index < -0.39 is 40.3 Å². The van der Waals surface area contributed by atoms with E-state index >= 15 is 0 Å². The van der Waals surface area contributed by atoms with Crippen molar-refractivity contribution in [3.8, 4) is 0 Å². The molecule has 0 aromatic rings. The van der Waals surface area contributed by atoms with Gasteiger partial charge in [-0.1, -0.05) is 187 Å². The van der Waals surface area contributed by atoms with Crippen LogP contribution in [0.2, 0.25) is 0 Å². The second-order valence-corrected chi connectivity index (χ2v) is 21.4. The molecule has 16 heteroatoms. The van der Waals surface area contributed by atoms with E-state index in [9.17, 15) is 38.1 Å². The molecular weight excluding hydrogens is 898 g/mol. The van der Waals surface area contributed by atoms with Crippen LogP contribution in [0.1, 0.15) is 264 Å². The molecular formula is C51H98O14P2. The van der Waals surface area contributed by atoms with E-state index in [2.05, 4.69) is 18.4 Å². The van der Waals surface area contributed by atoms with Gasteiger partial charge < -0.3 is 19.3 Å². The summed E-state index contributed by atoms with van der Waals surface area (Å²) in [5.74, 6) is -0.897. The zero-order chi connectivity index (χ0) is 49.5. The molecule has 0 saturated heterocycles. The van der Waals surface area contributed by atoms with Crippen LogP contribution in [0.4, 0.5) is 0 Å². The molecule has 0 heterocycles. The lowest BCUT2D eigenvalue weighted by Crippen LogP contribution is -2.29. The lowest BCUT2D eigenvalue weighted by Gasteiger charge is -2.20. The van der Waals surface area contributed by atoms with E-state index in [1.807, 2.05) is 0 Å². The smallest absolute Gasteiger partial charge is 0.462 e. The number of phosphoric ester groups is 2. The Bertz CT molecular complexity index is 1300. The van der Waals surface area contributed by atoms with E-state index in [1.54, 1.807) is 0 Å². The maximum absolute atomic E-state index is 12.8. The predicted octanol–water partition coefficient (Wildman–Crippen LogP) is 14.7. The number of carbonyl (C=O) groups excluding carboxylic acids is 4. The number of esters is 2. The quantitative estimate of drug-likeness (QED) is 0.0331. The number of hydrogen-bond donors (Lipinski definition) is 2. The maximum atomic E-state index is 12.8. The summed E-state index contributed by atoms with van der Waals surface area (Å²) in [7, 11) is -7.40. The van der Waals surface area contributed by atoms with Gasteiger partial charge in [0.05, 0.1) is 19.8 Å². The van der Waals surface area contributed by atoms with E-state index in [1.165, 1.54) is 116 Å². The number of carbonyl (C=O) groups is 4. The highest BCUT2D eigenvalue weighted by Gasteiger charge is 2.26. The minimum Gasteiger partial charge on any atom is -0.462 e. The Kier molecular flexibility index (Phi) is 45.8. The first-order valence-electron chi connectivity index (χ1n) is 26.9. The van der Waals surface area contributed by atoms with Gasteiger partial charge in [-0.25, -0.2) is 9.13 Å². The zero-order valence-electron chi connectivity index (χ0n) is 42.7. The van der Waals surface area contributed by atoms with E-state index in [0.29, 0.717) is 38.5 Å². The van der Waals surface area contributed by atoms with Crippen molar-refractivity contribution in [2.45, 2.75) is 270 Å². The van der Waals surface area contributed by atoms with E-state index in [4.69, 9.17) is 23.0 Å². The predicted molar refractivity (Wildman–Crippen MR) is 267 cm³/mol. The molecule has 0 aromatic carbocycles. The van der Waals surface area contributed by atoms with Gasteiger partial charge in [-0.15, -0.1) is 0 Å². The summed E-state index contributed by atoms with van der Waals surface area (Å²) in [4.78, 5) is 69.6. The molecule has 0 radical (unpaired) electrons. The molecule has 2 N–H and O–H groups in total. The Labute approximate surface area is 407 Å². The van der Waals surface area contributed by atoms with Crippen LogP contribution in [0.15, 0.2) is 0 Å². The van der Waals surface area contributed by atoms with Crippen molar-refractivity contribution in [2.24, 2.45) is 0 Å². The summed E-state index contributed by atoms with van der Waals surface area (Å²) in [6.45, 7) is 3.58. The maximum Gasteiger partial charge on any atom is 0.472 e. The van der Waals surface area contributed by atoms with Crippen molar-refractivity contribution in [1.29, 1.82) is 0 Å². The minimum atomic E-state index is -4.58. The minimum absolute atomic E-state index is 0.0794. The molecule has 396 valence electrons. The first kappa shape index (κ1) is 65.5. The fourth-order valence-electron chi connectivity index (χ4n) is 7.78. The summed E-state index contributed by atoms with van der Waals surface area (Å²) in [5, 5.41) is 0. The lowest BCUT2D eigenvalue weighted by atomic mass is 10.0. The van der Waals surface area contributed by atoms with Crippen molar-refractivity contribution >= 4 is 39.2 Å². The summed E-state index contributed by atoms with van der Waals surface area (Å²) in [6.07, 6.45) is 35.8. The molecule has 0 saturated carbocycles. The molecule has 14 nitrogen and oxygen atoms in total. The molecule has 0 amide bonds. The van der Waals surface area contributed by atoms with Gasteiger partial charge in [0.15, 0.2) is 6.10 Å². The van der Waals surface area contributed by atoms with E-state index in [-0.39, 0.29) is 63.5 Å². The summed E-state index contributed by atoms with van der Waals surface area (Å²) in [5.41, 5.74) is 0. The third-order valence-corrected chi connectivity index (χ3v) is 13.9. The number of unbranched alkanes of at least 4 members (excludes halogenated alkanes) is 28. The average molecular weight is 997 g/mol. The Balaban J connectivity index is 4.54. The molecule has 0 bridgehead atoms. The monoisotopic (exact) mass is 997 g/mol. The summed E-state index contributed by atoms with van der Waals surface area (Å²) >= 11 is 0. The highest BCUT2D eigenvalue weighted by Crippen LogP contribution is 2.44. The SMILES string of the molecule is CCCCCCCCCCCCCCCC(=O)OC[C@H](COP(=O)(O)OCCCC(=O)CCCC(=O)CCCCCCCOP(=O)(O)OC)OC(=O)CCCCCCCCCCCCCCC. The average Bonchev–Trinajstić information content (AvgIpc) is 3.30. The molecule has 0 spiro atoms. The van der Waals surface area contributed by atoms with Gasteiger partial charge in [0, 0.05) is 45.6 Å². The largest absolute Gasteiger partial charge is 0.472 e. The second kappa shape index (κ2) is 46.9. The molecule has 0 rings (SSSR count). The lowest BCUT2D eigenvalue weighted by molar-refractivity contribution is -0.161. The fraction of sp³-hybridized carbons (Fsp3) is 0.922. The van der Waals surface area contributed by atoms with Crippen molar-refractivity contribution in [1.82, 2.24) is 0 Å². The number of ether oxygens (including phenoxy) is 2. The summed E-state index contributed by atoms with van der Waals surface area (Å²) < 4.78 is 54.4. The Morgan fingerprint density at radius 2 is 0.731 bits per heavy atom. The van der Waals surface area contributed by atoms with Crippen LogP contribution in [0.3, 0.4) is 0 Å². The van der Waals surface area contributed by atoms with Crippen molar-refractivity contribution in [2.75, 3.05) is 33.5 Å². The molecule has 2 unspecified atom stereocenters. The number of Topliss-reactive ketones (excluding diaryl/α,β-unsaturated/α-hetero) is 2. The van der Waals surface area contributed by atoms with Crippen LogP contribution < -0.4 is 0 Å². The topological polar surface area (TPSA) is 198 Å². The molecule has 67 heavy (non-hydrogen) atoms. The first-order valence-corrected chi connectivity index (χ1v) is 29.9. The number of ketones is 2. The first-order chi connectivity index (χ1) is 32.3. The molecule has 0 aliphatic carbocycles. The van der Waals surface area contributed by atoms with Crippen LogP contribution in [0.25, 0.3) is 0 Å². The van der Waals surface area contributed by atoms with Crippen LogP contribution in [-0.4, -0.2) is 72.9 Å². The fourth-order valence-corrected chi connectivity index (χ4v) is 9.03. The van der Waals surface area contributed by atoms with Gasteiger partial charge >= 0.3 is 27.6 Å². The molecule has 0 aliphatic heterocycles. The second-order valence-electron chi connectivity index (χ2n) is 18.4. The number of phosphoric acid groups is 2. The normalized spacial score (nSPS) is 13.8. The van der Waals surface area contributed by atoms with Gasteiger partial charge in [-0.3, -0.25) is 37.3 Å². The molecule has 0 aliphatic rings. The van der Waals surface area contributed by atoms with Crippen LogP contribution in [-0.2, 0) is 55.9 Å². The van der Waals surface area contributed by atoms with Gasteiger partial charge in [-0.2, -0.15) is 0 Å². The zero-order valence-corrected chi connectivity index (χ0v) is 44.5. The van der Waals surface area contributed by atoms with Crippen LogP contribution >= 0.6 is 15.6 Å². The van der Waals surface area contributed by atoms with Gasteiger partial charge in [0.2, 0.25) is 0 Å². The third-order valence-electron chi connectivity index (χ3n) is 12.0. The number of rotatable bonds is 53. The van der Waals surface area contributed by atoms with Gasteiger partial charge in [0.25, 0.3) is 0 Å². The molecule has 0 aromatic heterocycles. The Hall–Kier alpha value is -1.50. The third kappa shape index (κ3) is 47.9. The summed E-state index contributed by atoms with van der Waals surface area (Å²) in [6, 6.07) is 0. The van der Waals surface area contributed by atoms with Crippen molar-refractivity contribution < 1.29 is 65.7 Å².